The number of fused-ring (bicyclic) bond motifs is 1. The Bertz CT molecular complexity index is 798. The van der Waals surface area contributed by atoms with Crippen LogP contribution in [-0.2, 0) is 11.3 Å². The molecule has 0 aliphatic rings. The fourth-order valence-electron chi connectivity index (χ4n) is 2.23. The van der Waals surface area contributed by atoms with Crippen LogP contribution >= 0.6 is 11.3 Å². The van der Waals surface area contributed by atoms with E-state index in [1.54, 1.807) is 31.2 Å². The maximum absolute atomic E-state index is 11.6. The molecule has 0 saturated carbocycles. The van der Waals surface area contributed by atoms with Crippen LogP contribution in [0.15, 0.2) is 30.5 Å². The average molecular weight is 318 g/mol. The minimum atomic E-state index is -0.419. The number of aromatic hydroxyl groups is 2. The highest BCUT2D eigenvalue weighted by atomic mass is 32.1. The number of thiazole rings is 1. The Morgan fingerprint density at radius 3 is 2.50 bits per heavy atom. The first-order valence-electron chi connectivity index (χ1n) is 6.72. The lowest BCUT2D eigenvalue weighted by Crippen LogP contribution is -2.01. The zero-order chi connectivity index (χ0) is 15.7. The summed E-state index contributed by atoms with van der Waals surface area (Å²) < 4.78 is 6.27. The molecule has 0 radical (unpaired) electrons. The topological polar surface area (TPSA) is 84.6 Å². The largest absolute Gasteiger partial charge is 0.494 e. The fraction of sp³-hybridized carbons (Fsp3) is 0.200. The van der Waals surface area contributed by atoms with Gasteiger partial charge in [-0.2, -0.15) is 0 Å². The summed E-state index contributed by atoms with van der Waals surface area (Å²) in [5.74, 6) is -0.473. The van der Waals surface area contributed by atoms with Crippen molar-refractivity contribution in [1.29, 1.82) is 0 Å². The third-order valence-corrected chi connectivity index (χ3v) is 4.21. The van der Waals surface area contributed by atoms with Gasteiger partial charge in [0.05, 0.1) is 19.3 Å². The van der Waals surface area contributed by atoms with Crippen LogP contribution in [0.2, 0.25) is 0 Å². The molecule has 7 heteroatoms. The van der Waals surface area contributed by atoms with Crippen LogP contribution in [0, 0.1) is 0 Å². The molecule has 3 aromatic rings. The zero-order valence-electron chi connectivity index (χ0n) is 11.8. The standard InChI is InChI=1S/C15H14N2O4S/c1-2-21-15(20)11-7-16-12(22-11)8-17-13(18)9-5-3-4-6-10(9)14(17)19/h3-7,18-19H,2,8H2,1H3. The number of aromatic nitrogens is 2. The first-order valence-corrected chi connectivity index (χ1v) is 7.54. The van der Waals surface area contributed by atoms with Crippen molar-refractivity contribution in [1.82, 2.24) is 9.55 Å². The molecule has 2 aromatic heterocycles. The van der Waals surface area contributed by atoms with E-state index in [4.69, 9.17) is 4.74 Å². The smallest absolute Gasteiger partial charge is 0.349 e. The number of ether oxygens (including phenoxy) is 1. The molecule has 114 valence electrons. The van der Waals surface area contributed by atoms with Gasteiger partial charge in [-0.05, 0) is 19.1 Å². The van der Waals surface area contributed by atoms with Crippen LogP contribution in [0.3, 0.4) is 0 Å². The lowest BCUT2D eigenvalue weighted by atomic mass is 10.2. The second kappa shape index (κ2) is 5.69. The molecule has 0 aliphatic heterocycles. The van der Waals surface area contributed by atoms with Crippen molar-refractivity contribution in [3.05, 3.63) is 40.3 Å². The van der Waals surface area contributed by atoms with Crippen molar-refractivity contribution < 1.29 is 19.7 Å². The molecule has 0 unspecified atom stereocenters. The minimum Gasteiger partial charge on any atom is -0.494 e. The van der Waals surface area contributed by atoms with Crippen LogP contribution < -0.4 is 0 Å². The molecule has 1 aromatic carbocycles. The Morgan fingerprint density at radius 1 is 1.27 bits per heavy atom. The van der Waals surface area contributed by atoms with Gasteiger partial charge < -0.3 is 14.9 Å². The molecular formula is C15H14N2O4S. The van der Waals surface area contributed by atoms with Crippen LogP contribution in [0.1, 0.15) is 21.6 Å². The molecule has 0 aliphatic carbocycles. The van der Waals surface area contributed by atoms with E-state index in [9.17, 15) is 15.0 Å². The van der Waals surface area contributed by atoms with E-state index in [0.717, 1.165) is 0 Å². The number of carbonyl (C=O) groups excluding carboxylic acids is 1. The SMILES string of the molecule is CCOC(=O)c1cnc(Cn2c(O)c3ccccc3c2O)s1. The zero-order valence-corrected chi connectivity index (χ0v) is 12.6. The van der Waals surface area contributed by atoms with E-state index in [-0.39, 0.29) is 18.3 Å². The number of benzene rings is 1. The van der Waals surface area contributed by atoms with E-state index < -0.39 is 5.97 Å². The van der Waals surface area contributed by atoms with Gasteiger partial charge in [0.2, 0.25) is 11.8 Å². The van der Waals surface area contributed by atoms with Crippen LogP contribution in [-0.4, -0.2) is 32.3 Å². The van der Waals surface area contributed by atoms with Crippen molar-refractivity contribution in [2.75, 3.05) is 6.61 Å². The molecule has 2 heterocycles. The van der Waals surface area contributed by atoms with E-state index >= 15 is 0 Å². The summed E-state index contributed by atoms with van der Waals surface area (Å²) in [5.41, 5.74) is 0. The molecule has 0 bridgehead atoms. The summed E-state index contributed by atoms with van der Waals surface area (Å²) in [7, 11) is 0. The number of hydrogen-bond donors (Lipinski definition) is 2. The highest BCUT2D eigenvalue weighted by molar-refractivity contribution is 7.13. The summed E-state index contributed by atoms with van der Waals surface area (Å²) in [5, 5.41) is 22.2. The fourth-order valence-corrected chi connectivity index (χ4v) is 3.03. The molecular weight excluding hydrogens is 304 g/mol. The Kier molecular flexibility index (Phi) is 3.72. The van der Waals surface area contributed by atoms with Crippen molar-refractivity contribution >= 4 is 28.1 Å². The van der Waals surface area contributed by atoms with Gasteiger partial charge >= 0.3 is 5.97 Å². The molecule has 0 spiro atoms. The predicted octanol–water partition coefficient (Wildman–Crippen LogP) is 2.73. The predicted molar refractivity (Wildman–Crippen MR) is 82.4 cm³/mol. The summed E-state index contributed by atoms with van der Waals surface area (Å²) in [6.45, 7) is 2.22. The van der Waals surface area contributed by atoms with Gasteiger partial charge in [-0.25, -0.2) is 9.78 Å². The first-order chi connectivity index (χ1) is 10.6. The summed E-state index contributed by atoms with van der Waals surface area (Å²) >= 11 is 1.17. The molecule has 0 fully saturated rings. The third kappa shape index (κ3) is 2.39. The Morgan fingerprint density at radius 2 is 1.91 bits per heavy atom. The molecule has 3 rings (SSSR count). The molecule has 0 amide bonds. The molecule has 2 N–H and O–H groups in total. The van der Waals surface area contributed by atoms with Crippen molar-refractivity contribution in [2.24, 2.45) is 0 Å². The number of esters is 1. The van der Waals surface area contributed by atoms with Crippen LogP contribution in [0.5, 0.6) is 11.8 Å². The highest BCUT2D eigenvalue weighted by Crippen LogP contribution is 2.36. The quantitative estimate of drug-likeness (QED) is 0.723. The monoisotopic (exact) mass is 318 g/mol. The molecule has 0 saturated heterocycles. The van der Waals surface area contributed by atoms with Crippen molar-refractivity contribution in [3.63, 3.8) is 0 Å². The molecule has 22 heavy (non-hydrogen) atoms. The van der Waals surface area contributed by atoms with Gasteiger partial charge in [0.25, 0.3) is 0 Å². The normalized spacial score (nSPS) is 11.0. The average Bonchev–Trinajstić information content (AvgIpc) is 3.08. The summed E-state index contributed by atoms with van der Waals surface area (Å²) in [6, 6.07) is 7.03. The van der Waals surface area contributed by atoms with E-state index in [0.29, 0.717) is 27.3 Å². The van der Waals surface area contributed by atoms with E-state index in [2.05, 4.69) is 4.98 Å². The second-order valence-electron chi connectivity index (χ2n) is 4.62. The number of hydrogen-bond acceptors (Lipinski definition) is 6. The van der Waals surface area contributed by atoms with Gasteiger partial charge in [0, 0.05) is 10.8 Å². The minimum absolute atomic E-state index is 0.0269. The Labute approximate surface area is 130 Å². The first kappa shape index (κ1) is 14.4. The summed E-state index contributed by atoms with van der Waals surface area (Å²) in [4.78, 5) is 16.2. The maximum Gasteiger partial charge on any atom is 0.349 e. The van der Waals surface area contributed by atoms with Crippen molar-refractivity contribution in [2.45, 2.75) is 13.5 Å². The Hall–Kier alpha value is -2.54. The highest BCUT2D eigenvalue weighted by Gasteiger charge is 2.18. The third-order valence-electron chi connectivity index (χ3n) is 3.24. The lowest BCUT2D eigenvalue weighted by Gasteiger charge is -2.03. The van der Waals surface area contributed by atoms with Crippen molar-refractivity contribution in [3.8, 4) is 11.8 Å². The second-order valence-corrected chi connectivity index (χ2v) is 5.73. The van der Waals surface area contributed by atoms with Gasteiger partial charge in [-0.3, -0.25) is 4.57 Å². The van der Waals surface area contributed by atoms with Crippen LogP contribution in [0.25, 0.3) is 10.8 Å². The van der Waals surface area contributed by atoms with Gasteiger partial charge in [0.15, 0.2) is 0 Å². The number of rotatable bonds is 4. The number of carbonyl (C=O) groups is 1. The maximum atomic E-state index is 11.6. The van der Waals surface area contributed by atoms with Gasteiger partial charge in [0.1, 0.15) is 9.88 Å². The molecule has 6 nitrogen and oxygen atoms in total. The Balaban J connectivity index is 1.92. The lowest BCUT2D eigenvalue weighted by molar-refractivity contribution is 0.0532. The van der Waals surface area contributed by atoms with E-state index in [1.807, 2.05) is 0 Å². The summed E-state index contributed by atoms with van der Waals surface area (Å²) in [6.07, 6.45) is 1.44. The van der Waals surface area contributed by atoms with Gasteiger partial charge in [-0.15, -0.1) is 11.3 Å². The van der Waals surface area contributed by atoms with Gasteiger partial charge in [-0.1, -0.05) is 12.1 Å². The van der Waals surface area contributed by atoms with E-state index in [1.165, 1.54) is 22.1 Å². The van der Waals surface area contributed by atoms with Crippen LogP contribution in [0.4, 0.5) is 0 Å². The molecule has 0 atom stereocenters. The number of nitrogens with zero attached hydrogens (tertiary/aromatic N) is 2.